The molecule has 0 spiro atoms. The van der Waals surface area contributed by atoms with E-state index in [0.29, 0.717) is 10.8 Å². The molecule has 3 rings (SSSR count). The van der Waals surface area contributed by atoms with Crippen molar-refractivity contribution in [2.24, 2.45) is 5.92 Å². The van der Waals surface area contributed by atoms with Gasteiger partial charge in [-0.25, -0.2) is 8.42 Å². The summed E-state index contributed by atoms with van der Waals surface area (Å²) in [4.78, 5) is 5.18. The van der Waals surface area contributed by atoms with E-state index in [2.05, 4.69) is 22.8 Å². The van der Waals surface area contributed by atoms with Crippen LogP contribution in [0.2, 0.25) is 0 Å². The molecule has 1 aromatic rings. The number of hydrogen-bond acceptors (Lipinski definition) is 4. The predicted molar refractivity (Wildman–Crippen MR) is 101 cm³/mol. The Morgan fingerprint density at radius 1 is 1.04 bits per heavy atom. The van der Waals surface area contributed by atoms with E-state index in [1.807, 2.05) is 12.1 Å². The number of sulfone groups is 1. The van der Waals surface area contributed by atoms with Crippen molar-refractivity contribution in [1.82, 2.24) is 0 Å². The minimum absolute atomic E-state index is 0.389. The highest BCUT2D eigenvalue weighted by Crippen LogP contribution is 2.35. The summed E-state index contributed by atoms with van der Waals surface area (Å²) in [6.45, 7) is 9.88. The van der Waals surface area contributed by atoms with Crippen LogP contribution in [0.25, 0.3) is 0 Å². The summed E-state index contributed by atoms with van der Waals surface area (Å²) < 4.78 is 25.6. The largest absolute Gasteiger partial charge is 0.371 e. The second kappa shape index (κ2) is 6.95. The molecule has 0 radical (unpaired) electrons. The molecule has 134 valence electrons. The molecule has 4 nitrogen and oxygen atoms in total. The monoisotopic (exact) mass is 350 g/mol. The minimum Gasteiger partial charge on any atom is -0.371 e. The van der Waals surface area contributed by atoms with Gasteiger partial charge in [0.25, 0.3) is 0 Å². The maximum Gasteiger partial charge on any atom is 0.182 e. The minimum atomic E-state index is -3.26. The molecule has 2 aliphatic heterocycles. The molecule has 0 N–H and O–H groups in total. The van der Waals surface area contributed by atoms with Crippen LogP contribution in [0.15, 0.2) is 23.1 Å². The van der Waals surface area contributed by atoms with Crippen molar-refractivity contribution >= 4 is 21.2 Å². The Morgan fingerprint density at radius 2 is 1.71 bits per heavy atom. The summed E-state index contributed by atoms with van der Waals surface area (Å²) >= 11 is 0. The number of nitrogens with zero attached hydrogens (tertiary/aromatic N) is 2. The SMILES string of the molecule is CC1CCCN(c2ccc(S(=O)(=O)C(C)C)c(N3CCCC3)c2)C1. The van der Waals surface area contributed by atoms with Gasteiger partial charge in [-0.1, -0.05) is 6.92 Å². The van der Waals surface area contributed by atoms with Crippen LogP contribution in [0, 0.1) is 5.92 Å². The van der Waals surface area contributed by atoms with Gasteiger partial charge in [-0.15, -0.1) is 0 Å². The van der Waals surface area contributed by atoms with Crippen LogP contribution in [0.4, 0.5) is 11.4 Å². The van der Waals surface area contributed by atoms with Gasteiger partial charge < -0.3 is 9.80 Å². The number of piperidine rings is 1. The molecule has 0 amide bonds. The lowest BCUT2D eigenvalue weighted by Crippen LogP contribution is -2.34. The van der Waals surface area contributed by atoms with Gasteiger partial charge in [0.2, 0.25) is 0 Å². The van der Waals surface area contributed by atoms with Crippen molar-refractivity contribution in [3.05, 3.63) is 18.2 Å². The van der Waals surface area contributed by atoms with Gasteiger partial charge in [0.05, 0.1) is 15.8 Å². The lowest BCUT2D eigenvalue weighted by molar-refractivity contribution is 0.447. The van der Waals surface area contributed by atoms with Crippen LogP contribution in [-0.4, -0.2) is 39.8 Å². The molecule has 2 aliphatic rings. The summed E-state index contributed by atoms with van der Waals surface area (Å²) in [5.41, 5.74) is 2.09. The molecule has 0 saturated carbocycles. The first kappa shape index (κ1) is 17.6. The Morgan fingerprint density at radius 3 is 2.33 bits per heavy atom. The summed E-state index contributed by atoms with van der Waals surface area (Å²) in [5.74, 6) is 0.702. The van der Waals surface area contributed by atoms with Crippen LogP contribution in [-0.2, 0) is 9.84 Å². The third-order valence-electron chi connectivity index (χ3n) is 5.34. The van der Waals surface area contributed by atoms with E-state index >= 15 is 0 Å². The molecule has 0 aliphatic carbocycles. The molecular weight excluding hydrogens is 320 g/mol. The first-order valence-electron chi connectivity index (χ1n) is 9.27. The van der Waals surface area contributed by atoms with E-state index in [-0.39, 0.29) is 5.25 Å². The number of benzene rings is 1. The Hall–Kier alpha value is -1.23. The second-order valence-corrected chi connectivity index (χ2v) is 10.1. The molecule has 1 unspecified atom stereocenters. The Bertz CT molecular complexity index is 679. The quantitative estimate of drug-likeness (QED) is 0.830. The zero-order valence-electron chi connectivity index (χ0n) is 15.2. The van der Waals surface area contributed by atoms with Crippen LogP contribution >= 0.6 is 0 Å². The standard InChI is InChI=1S/C19H30N2O2S/c1-15(2)24(22,23)19-9-8-17(21-12-6-7-16(3)14-21)13-18(19)20-10-4-5-11-20/h8-9,13,15-16H,4-7,10-12,14H2,1-3H3. The van der Waals surface area contributed by atoms with Gasteiger partial charge >= 0.3 is 0 Å². The van der Waals surface area contributed by atoms with Gasteiger partial charge in [-0.05, 0) is 63.6 Å². The first-order chi connectivity index (χ1) is 11.4. The van der Waals surface area contributed by atoms with E-state index in [4.69, 9.17) is 0 Å². The molecule has 1 aromatic carbocycles. The van der Waals surface area contributed by atoms with Crippen LogP contribution in [0.1, 0.15) is 46.5 Å². The fourth-order valence-electron chi connectivity index (χ4n) is 3.83. The number of anilines is 2. The fourth-order valence-corrected chi connectivity index (χ4v) is 5.07. The van der Waals surface area contributed by atoms with Crippen molar-refractivity contribution in [3.63, 3.8) is 0 Å². The molecule has 5 heteroatoms. The summed E-state index contributed by atoms with van der Waals surface area (Å²) in [5, 5.41) is -0.389. The van der Waals surface area contributed by atoms with Gasteiger partial charge in [0.1, 0.15) is 0 Å². The normalized spacial score (nSPS) is 22.4. The average Bonchev–Trinajstić information content (AvgIpc) is 3.08. The molecule has 2 fully saturated rings. The van der Waals surface area contributed by atoms with E-state index in [0.717, 1.165) is 44.7 Å². The van der Waals surface area contributed by atoms with Crippen LogP contribution in [0.5, 0.6) is 0 Å². The lowest BCUT2D eigenvalue weighted by atomic mass is 10.00. The predicted octanol–water partition coefficient (Wildman–Crippen LogP) is 3.71. The second-order valence-electron chi connectivity index (χ2n) is 7.63. The summed E-state index contributed by atoms with van der Waals surface area (Å²) in [6, 6.07) is 5.98. The highest BCUT2D eigenvalue weighted by atomic mass is 32.2. The smallest absolute Gasteiger partial charge is 0.182 e. The summed E-state index contributed by atoms with van der Waals surface area (Å²) in [6.07, 6.45) is 4.79. The third-order valence-corrected chi connectivity index (χ3v) is 7.54. The Balaban J connectivity index is 2.01. The molecule has 24 heavy (non-hydrogen) atoms. The van der Waals surface area contributed by atoms with Gasteiger partial charge in [0.15, 0.2) is 9.84 Å². The van der Waals surface area contributed by atoms with Crippen molar-refractivity contribution in [2.45, 2.75) is 56.6 Å². The maximum atomic E-state index is 12.8. The van der Waals surface area contributed by atoms with Crippen molar-refractivity contribution < 1.29 is 8.42 Å². The summed E-state index contributed by atoms with van der Waals surface area (Å²) in [7, 11) is -3.26. The van der Waals surface area contributed by atoms with Gasteiger partial charge in [-0.2, -0.15) is 0 Å². The highest BCUT2D eigenvalue weighted by molar-refractivity contribution is 7.92. The van der Waals surface area contributed by atoms with Crippen LogP contribution in [0.3, 0.4) is 0 Å². The zero-order valence-corrected chi connectivity index (χ0v) is 16.0. The molecule has 0 aromatic heterocycles. The van der Waals surface area contributed by atoms with E-state index < -0.39 is 9.84 Å². The lowest BCUT2D eigenvalue weighted by Gasteiger charge is -2.34. The van der Waals surface area contributed by atoms with Crippen molar-refractivity contribution in [2.75, 3.05) is 36.0 Å². The first-order valence-corrected chi connectivity index (χ1v) is 10.8. The molecular formula is C19H30N2O2S. The van der Waals surface area contributed by atoms with Crippen molar-refractivity contribution in [1.29, 1.82) is 0 Å². The molecule has 2 saturated heterocycles. The van der Waals surface area contributed by atoms with Crippen LogP contribution < -0.4 is 9.80 Å². The Kier molecular flexibility index (Phi) is 5.09. The number of rotatable bonds is 4. The van der Waals surface area contributed by atoms with Crippen molar-refractivity contribution in [3.8, 4) is 0 Å². The third kappa shape index (κ3) is 3.41. The van der Waals surface area contributed by atoms with E-state index in [1.165, 1.54) is 18.5 Å². The average molecular weight is 351 g/mol. The molecule has 2 heterocycles. The number of hydrogen-bond donors (Lipinski definition) is 0. The molecule has 0 bridgehead atoms. The maximum absolute atomic E-state index is 12.8. The van der Waals surface area contributed by atoms with Gasteiger partial charge in [0, 0.05) is 31.9 Å². The zero-order chi connectivity index (χ0) is 17.3. The van der Waals surface area contributed by atoms with E-state index in [1.54, 1.807) is 13.8 Å². The van der Waals surface area contributed by atoms with E-state index in [9.17, 15) is 8.42 Å². The fraction of sp³-hybridized carbons (Fsp3) is 0.684. The topological polar surface area (TPSA) is 40.6 Å². The highest BCUT2D eigenvalue weighted by Gasteiger charge is 2.28. The van der Waals surface area contributed by atoms with Gasteiger partial charge in [-0.3, -0.25) is 0 Å². The Labute approximate surface area is 146 Å². The molecule has 1 atom stereocenters.